The summed E-state index contributed by atoms with van der Waals surface area (Å²) in [5.41, 5.74) is 1.40. The van der Waals surface area contributed by atoms with Crippen molar-refractivity contribution in [1.29, 1.82) is 0 Å². The molecule has 1 heteroatoms. The molecule has 0 amide bonds. The van der Waals surface area contributed by atoms with E-state index in [4.69, 9.17) is 4.74 Å². The first-order valence-corrected chi connectivity index (χ1v) is 5.68. The first-order chi connectivity index (χ1) is 7.40. The second-order valence-corrected chi connectivity index (χ2v) is 4.11. The van der Waals surface area contributed by atoms with Crippen LogP contribution in [0.1, 0.15) is 24.8 Å². The smallest absolute Gasteiger partial charge is 0.0946 e. The van der Waals surface area contributed by atoms with Gasteiger partial charge in [0.15, 0.2) is 0 Å². The van der Waals surface area contributed by atoms with Gasteiger partial charge >= 0.3 is 0 Å². The fourth-order valence-electron chi connectivity index (χ4n) is 1.81. The van der Waals surface area contributed by atoms with E-state index in [2.05, 4.69) is 36.4 Å². The number of benzene rings is 1. The SMILES string of the molecule is CO/C(=C/CCc1ccccc1)C1CC1. The fraction of sp³-hybridized carbons (Fsp3) is 0.429. The van der Waals surface area contributed by atoms with Gasteiger partial charge in [-0.25, -0.2) is 0 Å². The monoisotopic (exact) mass is 202 g/mol. The Labute approximate surface area is 91.8 Å². The summed E-state index contributed by atoms with van der Waals surface area (Å²) in [5, 5.41) is 0. The van der Waals surface area contributed by atoms with Gasteiger partial charge in [0.05, 0.1) is 12.9 Å². The summed E-state index contributed by atoms with van der Waals surface area (Å²) >= 11 is 0. The quantitative estimate of drug-likeness (QED) is 0.663. The number of aryl methyl sites for hydroxylation is 1. The highest BCUT2D eigenvalue weighted by Gasteiger charge is 2.26. The highest BCUT2D eigenvalue weighted by atomic mass is 16.5. The van der Waals surface area contributed by atoms with Crippen LogP contribution < -0.4 is 0 Å². The van der Waals surface area contributed by atoms with E-state index in [1.54, 1.807) is 7.11 Å². The van der Waals surface area contributed by atoms with Crippen molar-refractivity contribution in [2.45, 2.75) is 25.7 Å². The molecule has 1 saturated carbocycles. The third-order valence-corrected chi connectivity index (χ3v) is 2.84. The van der Waals surface area contributed by atoms with E-state index < -0.39 is 0 Å². The number of methoxy groups -OCH3 is 1. The van der Waals surface area contributed by atoms with Gasteiger partial charge in [-0.3, -0.25) is 0 Å². The van der Waals surface area contributed by atoms with Gasteiger partial charge in [0.1, 0.15) is 0 Å². The maximum absolute atomic E-state index is 5.37. The predicted molar refractivity (Wildman–Crippen MR) is 62.6 cm³/mol. The van der Waals surface area contributed by atoms with E-state index in [9.17, 15) is 0 Å². The summed E-state index contributed by atoms with van der Waals surface area (Å²) in [7, 11) is 1.78. The van der Waals surface area contributed by atoms with Crippen molar-refractivity contribution < 1.29 is 4.74 Å². The lowest BCUT2D eigenvalue weighted by Crippen LogP contribution is -1.90. The van der Waals surface area contributed by atoms with Gasteiger partial charge < -0.3 is 4.74 Å². The molecule has 0 spiro atoms. The van der Waals surface area contributed by atoms with E-state index in [1.807, 2.05) is 0 Å². The minimum atomic E-state index is 0.728. The first-order valence-electron chi connectivity index (χ1n) is 5.68. The van der Waals surface area contributed by atoms with Crippen molar-refractivity contribution in [3.8, 4) is 0 Å². The molecule has 0 heterocycles. The van der Waals surface area contributed by atoms with Crippen LogP contribution in [0.3, 0.4) is 0 Å². The summed E-state index contributed by atoms with van der Waals surface area (Å²) in [6.07, 6.45) is 7.07. The van der Waals surface area contributed by atoms with Gasteiger partial charge in [0.25, 0.3) is 0 Å². The van der Waals surface area contributed by atoms with E-state index in [1.165, 1.54) is 24.2 Å². The average Bonchev–Trinajstić information content (AvgIpc) is 3.10. The van der Waals surface area contributed by atoms with E-state index >= 15 is 0 Å². The maximum Gasteiger partial charge on any atom is 0.0946 e. The zero-order valence-electron chi connectivity index (χ0n) is 9.28. The standard InChI is InChI=1S/C14H18O/c1-15-14(13-10-11-13)9-5-8-12-6-3-2-4-7-12/h2-4,6-7,9,13H,5,8,10-11H2,1H3/b14-9+. The Morgan fingerprint density at radius 3 is 2.67 bits per heavy atom. The average molecular weight is 202 g/mol. The van der Waals surface area contributed by atoms with Crippen molar-refractivity contribution in [1.82, 2.24) is 0 Å². The van der Waals surface area contributed by atoms with Crippen molar-refractivity contribution >= 4 is 0 Å². The minimum Gasteiger partial charge on any atom is -0.501 e. The summed E-state index contributed by atoms with van der Waals surface area (Å²) in [6.45, 7) is 0. The zero-order valence-corrected chi connectivity index (χ0v) is 9.28. The lowest BCUT2D eigenvalue weighted by atomic mass is 10.1. The van der Waals surface area contributed by atoms with Gasteiger partial charge in [-0.1, -0.05) is 30.3 Å². The molecule has 0 atom stereocenters. The molecule has 0 unspecified atom stereocenters. The topological polar surface area (TPSA) is 9.23 Å². The number of rotatable bonds is 5. The summed E-state index contributed by atoms with van der Waals surface area (Å²) in [6, 6.07) is 10.6. The third kappa shape index (κ3) is 3.12. The molecule has 1 nitrogen and oxygen atoms in total. The molecule has 1 aliphatic carbocycles. The molecule has 0 saturated heterocycles. The van der Waals surface area contributed by atoms with Gasteiger partial charge in [-0.2, -0.15) is 0 Å². The van der Waals surface area contributed by atoms with E-state index in [-0.39, 0.29) is 0 Å². The van der Waals surface area contributed by atoms with Crippen LogP contribution in [-0.4, -0.2) is 7.11 Å². The van der Waals surface area contributed by atoms with Crippen LogP contribution in [-0.2, 0) is 11.2 Å². The molecular formula is C14H18O. The van der Waals surface area contributed by atoms with Crippen LogP contribution in [0.4, 0.5) is 0 Å². The molecule has 1 fully saturated rings. The largest absolute Gasteiger partial charge is 0.501 e. The maximum atomic E-state index is 5.37. The van der Waals surface area contributed by atoms with Crippen LogP contribution in [0.2, 0.25) is 0 Å². The number of ether oxygens (including phenoxy) is 1. The predicted octanol–water partition coefficient (Wildman–Crippen LogP) is 3.56. The van der Waals surface area contributed by atoms with Crippen molar-refractivity contribution in [3.63, 3.8) is 0 Å². The van der Waals surface area contributed by atoms with Crippen LogP contribution in [0.15, 0.2) is 42.2 Å². The third-order valence-electron chi connectivity index (χ3n) is 2.84. The number of hydrogen-bond acceptors (Lipinski definition) is 1. The molecule has 0 N–H and O–H groups in total. The van der Waals surface area contributed by atoms with Crippen LogP contribution in [0.5, 0.6) is 0 Å². The molecular weight excluding hydrogens is 184 g/mol. The minimum absolute atomic E-state index is 0.728. The van der Waals surface area contributed by atoms with Gasteiger partial charge in [-0.05, 0) is 37.3 Å². The molecule has 0 bridgehead atoms. The molecule has 1 aliphatic rings. The number of hydrogen-bond donors (Lipinski definition) is 0. The molecule has 1 aromatic rings. The van der Waals surface area contributed by atoms with Gasteiger partial charge in [-0.15, -0.1) is 0 Å². The lowest BCUT2D eigenvalue weighted by molar-refractivity contribution is 0.268. The second kappa shape index (κ2) is 5.01. The Morgan fingerprint density at radius 2 is 2.07 bits per heavy atom. The molecule has 1 aromatic carbocycles. The Hall–Kier alpha value is -1.24. The zero-order chi connectivity index (χ0) is 10.5. The van der Waals surface area contributed by atoms with Crippen LogP contribution >= 0.6 is 0 Å². The molecule has 0 aromatic heterocycles. The van der Waals surface area contributed by atoms with E-state index in [0.717, 1.165) is 18.8 Å². The molecule has 0 aliphatic heterocycles. The fourth-order valence-corrected chi connectivity index (χ4v) is 1.81. The van der Waals surface area contributed by atoms with Crippen molar-refractivity contribution in [2.75, 3.05) is 7.11 Å². The molecule has 0 radical (unpaired) electrons. The second-order valence-electron chi connectivity index (χ2n) is 4.11. The normalized spacial score (nSPS) is 16.5. The molecule has 2 rings (SSSR count). The van der Waals surface area contributed by atoms with Gasteiger partial charge in [0.2, 0.25) is 0 Å². The number of allylic oxidation sites excluding steroid dienone is 2. The van der Waals surface area contributed by atoms with Crippen molar-refractivity contribution in [2.24, 2.45) is 5.92 Å². The summed E-state index contributed by atoms with van der Waals surface area (Å²) < 4.78 is 5.37. The van der Waals surface area contributed by atoms with E-state index in [0.29, 0.717) is 0 Å². The first kappa shape index (κ1) is 10.3. The lowest BCUT2D eigenvalue weighted by Gasteiger charge is -2.04. The van der Waals surface area contributed by atoms with Crippen LogP contribution in [0.25, 0.3) is 0 Å². The highest BCUT2D eigenvalue weighted by molar-refractivity contribution is 5.16. The molecule has 80 valence electrons. The Morgan fingerprint density at radius 1 is 1.33 bits per heavy atom. The Bertz CT molecular complexity index is 322. The van der Waals surface area contributed by atoms with Crippen molar-refractivity contribution in [3.05, 3.63) is 47.7 Å². The van der Waals surface area contributed by atoms with Gasteiger partial charge in [0, 0.05) is 5.92 Å². The molecule has 15 heavy (non-hydrogen) atoms. The summed E-state index contributed by atoms with van der Waals surface area (Å²) in [5.74, 6) is 1.93. The summed E-state index contributed by atoms with van der Waals surface area (Å²) in [4.78, 5) is 0. The van der Waals surface area contributed by atoms with Crippen LogP contribution in [0, 0.1) is 5.92 Å². The Kier molecular flexibility index (Phi) is 3.44. The Balaban J connectivity index is 1.83. The highest BCUT2D eigenvalue weighted by Crippen LogP contribution is 2.36.